The maximum atomic E-state index is 5.99. The Hall–Kier alpha value is -0.540. The van der Waals surface area contributed by atoms with Gasteiger partial charge in [0.2, 0.25) is 0 Å². The predicted octanol–water partition coefficient (Wildman–Crippen LogP) is 4.70. The smallest absolute Gasteiger partial charge is 0.0425 e. The number of hydrogen-bond acceptors (Lipinski definition) is 2. The van der Waals surface area contributed by atoms with E-state index in [4.69, 9.17) is 5.73 Å². The van der Waals surface area contributed by atoms with Crippen molar-refractivity contribution >= 4 is 21.6 Å². The molecule has 1 fully saturated rings. The zero-order valence-corrected chi connectivity index (χ0v) is 14.3. The standard InChI is InChI=1S/C17H27BrN2/c1-13(2)10-11-20(14-6-3-4-7-14)17-9-5-8-16(18)15(17)12-19/h5,8-9,13-14H,3-4,6-7,10-12,19H2,1-2H3. The van der Waals surface area contributed by atoms with Crippen molar-refractivity contribution in [2.75, 3.05) is 11.4 Å². The molecule has 0 atom stereocenters. The lowest BCUT2D eigenvalue weighted by Crippen LogP contribution is -2.35. The van der Waals surface area contributed by atoms with E-state index in [1.54, 1.807) is 0 Å². The molecule has 1 aromatic carbocycles. The van der Waals surface area contributed by atoms with Crippen molar-refractivity contribution in [1.82, 2.24) is 0 Å². The van der Waals surface area contributed by atoms with Gasteiger partial charge in [0.25, 0.3) is 0 Å². The van der Waals surface area contributed by atoms with Gasteiger partial charge >= 0.3 is 0 Å². The monoisotopic (exact) mass is 338 g/mol. The van der Waals surface area contributed by atoms with Crippen LogP contribution >= 0.6 is 15.9 Å². The third-order valence-electron chi connectivity index (χ3n) is 4.32. The van der Waals surface area contributed by atoms with Crippen LogP contribution in [0.25, 0.3) is 0 Å². The molecule has 1 saturated carbocycles. The molecular weight excluding hydrogens is 312 g/mol. The highest BCUT2D eigenvalue weighted by Crippen LogP contribution is 2.33. The average Bonchev–Trinajstić information content (AvgIpc) is 2.93. The molecule has 2 N–H and O–H groups in total. The summed E-state index contributed by atoms with van der Waals surface area (Å²) in [6.45, 7) is 6.35. The first-order valence-corrected chi connectivity index (χ1v) is 8.67. The topological polar surface area (TPSA) is 29.3 Å². The van der Waals surface area contributed by atoms with Crippen molar-refractivity contribution in [3.8, 4) is 0 Å². The molecule has 1 aromatic rings. The van der Waals surface area contributed by atoms with Gasteiger partial charge in [-0.2, -0.15) is 0 Å². The number of benzene rings is 1. The van der Waals surface area contributed by atoms with E-state index >= 15 is 0 Å². The number of nitrogens with two attached hydrogens (primary N) is 1. The highest BCUT2D eigenvalue weighted by Gasteiger charge is 2.24. The van der Waals surface area contributed by atoms with Gasteiger partial charge in [0.15, 0.2) is 0 Å². The van der Waals surface area contributed by atoms with Gasteiger partial charge in [0.05, 0.1) is 0 Å². The minimum atomic E-state index is 0.599. The maximum absolute atomic E-state index is 5.99. The van der Waals surface area contributed by atoms with Crippen molar-refractivity contribution < 1.29 is 0 Å². The molecule has 0 aromatic heterocycles. The minimum absolute atomic E-state index is 0.599. The molecule has 0 saturated heterocycles. The molecule has 2 rings (SSSR count). The van der Waals surface area contributed by atoms with Crippen molar-refractivity contribution in [3.05, 3.63) is 28.2 Å². The number of nitrogens with zero attached hydrogens (tertiary/aromatic N) is 1. The van der Waals surface area contributed by atoms with E-state index in [0.29, 0.717) is 12.6 Å². The van der Waals surface area contributed by atoms with E-state index in [1.165, 1.54) is 43.4 Å². The van der Waals surface area contributed by atoms with Crippen molar-refractivity contribution in [2.45, 2.75) is 58.5 Å². The minimum Gasteiger partial charge on any atom is -0.368 e. The first-order chi connectivity index (χ1) is 9.63. The Morgan fingerprint density at radius 2 is 2.00 bits per heavy atom. The van der Waals surface area contributed by atoms with Crippen LogP contribution in [0.1, 0.15) is 51.5 Å². The first kappa shape index (κ1) is 15.8. The van der Waals surface area contributed by atoms with E-state index in [1.807, 2.05) is 0 Å². The molecule has 20 heavy (non-hydrogen) atoms. The summed E-state index contributed by atoms with van der Waals surface area (Å²) >= 11 is 3.66. The van der Waals surface area contributed by atoms with Crippen LogP contribution in [0.3, 0.4) is 0 Å². The molecule has 1 aliphatic rings. The summed E-state index contributed by atoms with van der Waals surface area (Å²) in [6, 6.07) is 7.18. The number of halogens is 1. The van der Waals surface area contributed by atoms with Gasteiger partial charge < -0.3 is 10.6 Å². The lowest BCUT2D eigenvalue weighted by molar-refractivity contribution is 0.527. The van der Waals surface area contributed by atoms with Crippen LogP contribution in [0.4, 0.5) is 5.69 Å². The summed E-state index contributed by atoms with van der Waals surface area (Å²) in [7, 11) is 0. The fourth-order valence-corrected chi connectivity index (χ4v) is 3.65. The highest BCUT2D eigenvalue weighted by atomic mass is 79.9. The highest BCUT2D eigenvalue weighted by molar-refractivity contribution is 9.10. The van der Waals surface area contributed by atoms with E-state index < -0.39 is 0 Å². The first-order valence-electron chi connectivity index (χ1n) is 7.87. The molecule has 0 spiro atoms. The Kier molecular flexibility index (Phi) is 5.91. The second-order valence-electron chi connectivity index (χ2n) is 6.26. The largest absolute Gasteiger partial charge is 0.368 e. The predicted molar refractivity (Wildman–Crippen MR) is 91.1 cm³/mol. The molecule has 0 aliphatic heterocycles. The van der Waals surface area contributed by atoms with Crippen LogP contribution in [-0.2, 0) is 6.54 Å². The molecule has 0 radical (unpaired) electrons. The zero-order chi connectivity index (χ0) is 14.5. The molecular formula is C17H27BrN2. The van der Waals surface area contributed by atoms with E-state index in [2.05, 4.69) is 52.9 Å². The molecule has 2 nitrogen and oxygen atoms in total. The van der Waals surface area contributed by atoms with E-state index in [0.717, 1.165) is 16.9 Å². The SMILES string of the molecule is CC(C)CCN(c1cccc(Br)c1CN)C1CCCC1. The Labute approximate surface area is 131 Å². The van der Waals surface area contributed by atoms with Gasteiger partial charge in [-0.05, 0) is 37.3 Å². The Morgan fingerprint density at radius 1 is 1.30 bits per heavy atom. The zero-order valence-electron chi connectivity index (χ0n) is 12.7. The normalized spacial score (nSPS) is 16.1. The van der Waals surface area contributed by atoms with Gasteiger partial charge in [-0.1, -0.05) is 48.7 Å². The Morgan fingerprint density at radius 3 is 2.60 bits per heavy atom. The third-order valence-corrected chi connectivity index (χ3v) is 5.06. The van der Waals surface area contributed by atoms with Crippen molar-refractivity contribution in [2.24, 2.45) is 11.7 Å². The summed E-state index contributed by atoms with van der Waals surface area (Å²) in [5.74, 6) is 0.743. The average molecular weight is 339 g/mol. The molecule has 1 aliphatic carbocycles. The maximum Gasteiger partial charge on any atom is 0.0425 e. The van der Waals surface area contributed by atoms with Crippen LogP contribution in [0.15, 0.2) is 22.7 Å². The number of hydrogen-bond donors (Lipinski definition) is 1. The van der Waals surface area contributed by atoms with Gasteiger partial charge in [-0.3, -0.25) is 0 Å². The van der Waals surface area contributed by atoms with Gasteiger partial charge in [-0.25, -0.2) is 0 Å². The lowest BCUT2D eigenvalue weighted by Gasteiger charge is -2.33. The number of anilines is 1. The van der Waals surface area contributed by atoms with Gasteiger partial charge in [-0.15, -0.1) is 0 Å². The van der Waals surface area contributed by atoms with Crippen LogP contribution in [0, 0.1) is 5.92 Å². The summed E-state index contributed by atoms with van der Waals surface area (Å²) in [5, 5.41) is 0. The fraction of sp³-hybridized carbons (Fsp3) is 0.647. The molecule has 0 unspecified atom stereocenters. The van der Waals surface area contributed by atoms with Crippen LogP contribution in [0.5, 0.6) is 0 Å². The van der Waals surface area contributed by atoms with Crippen LogP contribution in [0.2, 0.25) is 0 Å². The molecule has 0 heterocycles. The third kappa shape index (κ3) is 3.76. The lowest BCUT2D eigenvalue weighted by atomic mass is 10.1. The van der Waals surface area contributed by atoms with Crippen molar-refractivity contribution in [1.29, 1.82) is 0 Å². The van der Waals surface area contributed by atoms with E-state index in [9.17, 15) is 0 Å². The second-order valence-corrected chi connectivity index (χ2v) is 7.11. The fourth-order valence-electron chi connectivity index (χ4n) is 3.13. The number of rotatable bonds is 6. The molecule has 3 heteroatoms. The van der Waals surface area contributed by atoms with Crippen LogP contribution in [-0.4, -0.2) is 12.6 Å². The second kappa shape index (κ2) is 7.46. The van der Waals surface area contributed by atoms with Crippen LogP contribution < -0.4 is 10.6 Å². The Balaban J connectivity index is 2.27. The summed E-state index contributed by atoms with van der Waals surface area (Å²) in [6.07, 6.45) is 6.64. The van der Waals surface area contributed by atoms with Crippen molar-refractivity contribution in [3.63, 3.8) is 0 Å². The van der Waals surface area contributed by atoms with Gasteiger partial charge in [0, 0.05) is 34.9 Å². The summed E-state index contributed by atoms with van der Waals surface area (Å²) in [5.41, 5.74) is 8.58. The van der Waals surface area contributed by atoms with Gasteiger partial charge in [0.1, 0.15) is 0 Å². The summed E-state index contributed by atoms with van der Waals surface area (Å²) in [4.78, 5) is 2.62. The molecule has 112 valence electrons. The summed E-state index contributed by atoms with van der Waals surface area (Å²) < 4.78 is 1.14. The molecule has 0 bridgehead atoms. The molecule has 0 amide bonds. The Bertz CT molecular complexity index is 425. The quantitative estimate of drug-likeness (QED) is 0.814. The van der Waals surface area contributed by atoms with E-state index in [-0.39, 0.29) is 0 Å².